The Labute approximate surface area is 167 Å². The number of carbonyl (C=O) groups is 1. The van der Waals surface area contributed by atoms with Gasteiger partial charge in [-0.1, -0.05) is 56.0 Å². The smallest absolute Gasteiger partial charge is 0.266 e. The summed E-state index contributed by atoms with van der Waals surface area (Å²) >= 11 is 0. The molecule has 0 bridgehead atoms. The largest absolute Gasteiger partial charge is 0.494 e. The molecule has 2 rings (SSSR count). The van der Waals surface area contributed by atoms with Crippen LogP contribution in [-0.4, -0.2) is 12.5 Å². The highest BCUT2D eigenvalue weighted by Crippen LogP contribution is 2.19. The van der Waals surface area contributed by atoms with Crippen molar-refractivity contribution >= 4 is 17.7 Å². The zero-order valence-electron chi connectivity index (χ0n) is 16.9. The zero-order chi connectivity index (χ0) is 20.4. The van der Waals surface area contributed by atoms with Gasteiger partial charge in [0.2, 0.25) is 0 Å². The maximum atomic E-state index is 12.5. The van der Waals surface area contributed by atoms with Crippen molar-refractivity contribution in [2.45, 2.75) is 46.5 Å². The lowest BCUT2D eigenvalue weighted by atomic mass is 10.1. The molecule has 4 heteroatoms. The molecule has 0 radical (unpaired) electrons. The topological polar surface area (TPSA) is 62.1 Å². The van der Waals surface area contributed by atoms with Crippen LogP contribution in [0.1, 0.15) is 49.3 Å². The number of benzene rings is 2. The van der Waals surface area contributed by atoms with E-state index in [0.717, 1.165) is 28.9 Å². The fraction of sp³-hybridized carbons (Fsp3) is 0.333. The van der Waals surface area contributed by atoms with Crippen molar-refractivity contribution in [3.8, 4) is 11.8 Å². The predicted molar refractivity (Wildman–Crippen MR) is 114 cm³/mol. The third kappa shape index (κ3) is 6.59. The molecule has 0 saturated carbocycles. The minimum atomic E-state index is -0.411. The SMILES string of the molecule is CCCCCCOc1ccc(/C=C(\C#N)C(=O)Nc2ccc(C)cc2C)cc1. The van der Waals surface area contributed by atoms with Crippen LogP contribution in [0.15, 0.2) is 48.0 Å². The van der Waals surface area contributed by atoms with E-state index in [0.29, 0.717) is 12.3 Å². The summed E-state index contributed by atoms with van der Waals surface area (Å²) in [5.74, 6) is 0.387. The van der Waals surface area contributed by atoms with E-state index in [4.69, 9.17) is 4.74 Å². The Morgan fingerprint density at radius 1 is 1.11 bits per heavy atom. The van der Waals surface area contributed by atoms with Crippen LogP contribution in [0.5, 0.6) is 5.75 Å². The number of carbonyl (C=O) groups excluding carboxylic acids is 1. The van der Waals surface area contributed by atoms with Crippen molar-refractivity contribution in [3.63, 3.8) is 0 Å². The molecule has 2 aromatic rings. The van der Waals surface area contributed by atoms with Crippen molar-refractivity contribution in [3.05, 3.63) is 64.7 Å². The van der Waals surface area contributed by atoms with Crippen molar-refractivity contribution < 1.29 is 9.53 Å². The zero-order valence-corrected chi connectivity index (χ0v) is 16.9. The molecule has 0 spiro atoms. The standard InChI is InChI=1S/C24H28N2O2/c1-4-5-6-7-14-28-22-11-9-20(10-12-22)16-21(17-25)24(27)26-23-13-8-18(2)15-19(23)3/h8-13,15-16H,4-7,14H2,1-3H3,(H,26,27)/b21-16+. The molecule has 0 aromatic heterocycles. The summed E-state index contributed by atoms with van der Waals surface area (Å²) in [5, 5.41) is 12.2. The highest BCUT2D eigenvalue weighted by molar-refractivity contribution is 6.09. The first-order valence-electron chi connectivity index (χ1n) is 9.76. The van der Waals surface area contributed by atoms with Crippen molar-refractivity contribution in [2.75, 3.05) is 11.9 Å². The predicted octanol–water partition coefficient (Wildman–Crippen LogP) is 5.81. The molecule has 0 heterocycles. The number of anilines is 1. The summed E-state index contributed by atoms with van der Waals surface area (Å²) < 4.78 is 5.72. The molecule has 1 amide bonds. The minimum absolute atomic E-state index is 0.0632. The van der Waals surface area contributed by atoms with Gasteiger partial charge in [0, 0.05) is 5.69 Å². The van der Waals surface area contributed by atoms with Crippen molar-refractivity contribution in [1.29, 1.82) is 5.26 Å². The number of hydrogen-bond acceptors (Lipinski definition) is 3. The molecular weight excluding hydrogens is 348 g/mol. The van der Waals surface area contributed by atoms with Crippen LogP contribution in [0.25, 0.3) is 6.08 Å². The third-order valence-corrected chi connectivity index (χ3v) is 4.45. The molecule has 2 aromatic carbocycles. The average molecular weight is 377 g/mol. The number of nitrogens with one attached hydrogen (secondary N) is 1. The van der Waals surface area contributed by atoms with Crippen LogP contribution in [0.3, 0.4) is 0 Å². The number of rotatable bonds is 9. The second-order valence-corrected chi connectivity index (χ2v) is 6.92. The number of ether oxygens (including phenoxy) is 1. The van der Waals surface area contributed by atoms with E-state index in [2.05, 4.69) is 12.2 Å². The van der Waals surface area contributed by atoms with Gasteiger partial charge in [0.25, 0.3) is 5.91 Å². The van der Waals surface area contributed by atoms with Crippen LogP contribution in [0.2, 0.25) is 0 Å². The Hall–Kier alpha value is -3.06. The van der Waals surface area contributed by atoms with Crippen LogP contribution in [0, 0.1) is 25.2 Å². The van der Waals surface area contributed by atoms with Gasteiger partial charge in [-0.15, -0.1) is 0 Å². The van der Waals surface area contributed by atoms with E-state index in [1.54, 1.807) is 6.08 Å². The van der Waals surface area contributed by atoms with E-state index in [9.17, 15) is 10.1 Å². The highest BCUT2D eigenvalue weighted by atomic mass is 16.5. The molecular formula is C24H28N2O2. The Morgan fingerprint density at radius 2 is 1.86 bits per heavy atom. The number of amides is 1. The normalized spacial score (nSPS) is 11.0. The molecule has 0 fully saturated rings. The molecule has 4 nitrogen and oxygen atoms in total. The Kier molecular flexibility index (Phi) is 8.30. The fourth-order valence-electron chi connectivity index (χ4n) is 2.84. The van der Waals surface area contributed by atoms with Crippen molar-refractivity contribution in [1.82, 2.24) is 0 Å². The van der Waals surface area contributed by atoms with Gasteiger partial charge in [-0.2, -0.15) is 5.26 Å². The second kappa shape index (κ2) is 10.9. The molecule has 1 N–H and O–H groups in total. The van der Waals surface area contributed by atoms with Crippen molar-refractivity contribution in [2.24, 2.45) is 0 Å². The minimum Gasteiger partial charge on any atom is -0.494 e. The van der Waals surface area contributed by atoms with Gasteiger partial charge in [0.15, 0.2) is 0 Å². The molecule has 0 aliphatic heterocycles. The van der Waals surface area contributed by atoms with Crippen LogP contribution >= 0.6 is 0 Å². The first kappa shape index (κ1) is 21.2. The van der Waals surface area contributed by atoms with Crippen LogP contribution < -0.4 is 10.1 Å². The molecule has 146 valence electrons. The van der Waals surface area contributed by atoms with E-state index in [1.165, 1.54) is 19.3 Å². The third-order valence-electron chi connectivity index (χ3n) is 4.45. The Morgan fingerprint density at radius 3 is 2.50 bits per heavy atom. The van der Waals surface area contributed by atoms with Gasteiger partial charge < -0.3 is 10.1 Å². The summed E-state index contributed by atoms with van der Waals surface area (Å²) in [6.45, 7) is 6.82. The second-order valence-electron chi connectivity index (χ2n) is 6.92. The summed E-state index contributed by atoms with van der Waals surface area (Å²) in [5.41, 5.74) is 3.65. The summed E-state index contributed by atoms with van der Waals surface area (Å²) in [7, 11) is 0. The van der Waals surface area contributed by atoms with Gasteiger partial charge in [0.1, 0.15) is 17.4 Å². The summed E-state index contributed by atoms with van der Waals surface area (Å²) in [6.07, 6.45) is 6.25. The quantitative estimate of drug-likeness (QED) is 0.341. The number of hydrogen-bond donors (Lipinski definition) is 1. The van der Waals surface area contributed by atoms with Gasteiger partial charge >= 0.3 is 0 Å². The molecule has 0 atom stereocenters. The highest BCUT2D eigenvalue weighted by Gasteiger charge is 2.11. The van der Waals surface area contributed by atoms with Crippen LogP contribution in [-0.2, 0) is 4.79 Å². The first-order chi connectivity index (χ1) is 13.5. The monoisotopic (exact) mass is 376 g/mol. The molecule has 28 heavy (non-hydrogen) atoms. The lowest BCUT2D eigenvalue weighted by Crippen LogP contribution is -2.14. The maximum absolute atomic E-state index is 12.5. The Balaban J connectivity index is 1.99. The number of aryl methyl sites for hydroxylation is 2. The van der Waals surface area contributed by atoms with Gasteiger partial charge in [-0.3, -0.25) is 4.79 Å². The summed E-state index contributed by atoms with van der Waals surface area (Å²) in [4.78, 5) is 12.5. The number of unbranched alkanes of at least 4 members (excludes halogenated alkanes) is 3. The summed E-state index contributed by atoms with van der Waals surface area (Å²) in [6, 6.07) is 15.2. The maximum Gasteiger partial charge on any atom is 0.266 e. The van der Waals surface area contributed by atoms with E-state index >= 15 is 0 Å². The fourth-order valence-corrected chi connectivity index (χ4v) is 2.84. The average Bonchev–Trinajstić information content (AvgIpc) is 2.69. The van der Waals surface area contributed by atoms with Gasteiger partial charge in [-0.25, -0.2) is 0 Å². The molecule has 0 aliphatic carbocycles. The lowest BCUT2D eigenvalue weighted by Gasteiger charge is -2.09. The van der Waals surface area contributed by atoms with E-state index in [-0.39, 0.29) is 5.57 Å². The molecule has 0 aliphatic rings. The van der Waals surface area contributed by atoms with Gasteiger partial charge in [-0.05, 0) is 55.7 Å². The number of nitriles is 1. The van der Waals surface area contributed by atoms with Crippen LogP contribution in [0.4, 0.5) is 5.69 Å². The first-order valence-corrected chi connectivity index (χ1v) is 9.76. The van der Waals surface area contributed by atoms with E-state index < -0.39 is 5.91 Å². The Bertz CT molecular complexity index is 861. The molecule has 0 unspecified atom stereocenters. The lowest BCUT2D eigenvalue weighted by molar-refractivity contribution is -0.112. The van der Waals surface area contributed by atoms with E-state index in [1.807, 2.05) is 62.4 Å². The molecule has 0 saturated heterocycles. The number of nitrogens with zero attached hydrogens (tertiary/aromatic N) is 1. The van der Waals surface area contributed by atoms with Gasteiger partial charge in [0.05, 0.1) is 6.61 Å².